The monoisotopic (exact) mass is 427 g/mol. The van der Waals surface area contributed by atoms with Crippen molar-refractivity contribution < 1.29 is 9.59 Å². The van der Waals surface area contributed by atoms with E-state index in [4.69, 9.17) is 5.73 Å². The zero-order valence-corrected chi connectivity index (χ0v) is 17.0. The van der Waals surface area contributed by atoms with Crippen molar-refractivity contribution in [3.63, 3.8) is 0 Å². The lowest BCUT2D eigenvalue weighted by Gasteiger charge is -2.31. The minimum Gasteiger partial charge on any atom is -0.369 e. The number of carbonyl (C=O) groups excluding carboxylic acids is 2. The van der Waals surface area contributed by atoms with Gasteiger partial charge in [0.25, 0.3) is 0 Å². The lowest BCUT2D eigenvalue weighted by atomic mass is 9.97. The van der Waals surface area contributed by atoms with E-state index >= 15 is 0 Å². The standard InChI is InChI=1S/C18H26BrN3O2S/c1-13-10-15(19)5-6-16(13)25-12-17(23)21-7-3-9-22-8-2-4-14(11-22)18(20)24/h5-6,10,14H,2-4,7-9,11-12H2,1H3,(H2,20,24)(H,21,23). The summed E-state index contributed by atoms with van der Waals surface area (Å²) < 4.78 is 1.05. The van der Waals surface area contributed by atoms with Crippen LogP contribution < -0.4 is 11.1 Å². The molecule has 1 aliphatic heterocycles. The summed E-state index contributed by atoms with van der Waals surface area (Å²) in [6, 6.07) is 6.08. The number of nitrogens with two attached hydrogens (primary N) is 1. The molecule has 1 aromatic carbocycles. The zero-order valence-electron chi connectivity index (χ0n) is 14.6. The van der Waals surface area contributed by atoms with Crippen molar-refractivity contribution in [2.45, 2.75) is 31.1 Å². The molecule has 1 saturated heterocycles. The van der Waals surface area contributed by atoms with Crippen molar-refractivity contribution in [2.75, 3.05) is 31.9 Å². The molecule has 2 rings (SSSR count). The molecule has 5 nitrogen and oxygen atoms in total. The van der Waals surface area contributed by atoms with Crippen LogP contribution in [0.1, 0.15) is 24.8 Å². The highest BCUT2D eigenvalue weighted by molar-refractivity contribution is 9.10. The zero-order chi connectivity index (χ0) is 18.2. The van der Waals surface area contributed by atoms with Gasteiger partial charge >= 0.3 is 0 Å². The van der Waals surface area contributed by atoms with E-state index in [1.54, 1.807) is 11.8 Å². The number of halogens is 1. The summed E-state index contributed by atoms with van der Waals surface area (Å²) in [5.74, 6) is 0.267. The van der Waals surface area contributed by atoms with Crippen molar-refractivity contribution in [2.24, 2.45) is 11.7 Å². The van der Waals surface area contributed by atoms with Gasteiger partial charge < -0.3 is 16.0 Å². The Hall–Kier alpha value is -1.05. The van der Waals surface area contributed by atoms with Crippen LogP contribution in [0.15, 0.2) is 27.6 Å². The van der Waals surface area contributed by atoms with E-state index in [9.17, 15) is 9.59 Å². The van der Waals surface area contributed by atoms with Crippen LogP contribution in [-0.4, -0.2) is 48.6 Å². The Balaban J connectivity index is 1.61. The predicted molar refractivity (Wildman–Crippen MR) is 106 cm³/mol. The number of rotatable bonds is 8. The Labute approximate surface area is 162 Å². The molecule has 2 amide bonds. The van der Waals surface area contributed by atoms with E-state index in [2.05, 4.69) is 32.2 Å². The molecule has 3 N–H and O–H groups in total. The van der Waals surface area contributed by atoms with Gasteiger partial charge in [-0.05, 0) is 63.0 Å². The number of likely N-dealkylation sites (tertiary alicyclic amines) is 1. The second kappa shape index (κ2) is 10.2. The normalized spacial score (nSPS) is 18.1. The molecule has 1 fully saturated rings. The minimum atomic E-state index is -0.196. The second-order valence-corrected chi connectivity index (χ2v) is 8.38. The number of nitrogens with one attached hydrogen (secondary N) is 1. The van der Waals surface area contributed by atoms with Crippen molar-refractivity contribution in [1.82, 2.24) is 10.2 Å². The fourth-order valence-electron chi connectivity index (χ4n) is 2.99. The Bertz CT molecular complexity index is 612. The van der Waals surface area contributed by atoms with Crippen LogP contribution in [0.2, 0.25) is 0 Å². The van der Waals surface area contributed by atoms with Crippen molar-refractivity contribution in [3.05, 3.63) is 28.2 Å². The van der Waals surface area contributed by atoms with Gasteiger partial charge in [0.2, 0.25) is 11.8 Å². The molecule has 25 heavy (non-hydrogen) atoms. The molecule has 0 radical (unpaired) electrons. The van der Waals surface area contributed by atoms with Gasteiger partial charge in [0.1, 0.15) is 0 Å². The second-order valence-electron chi connectivity index (χ2n) is 6.44. The van der Waals surface area contributed by atoms with E-state index in [1.165, 1.54) is 5.56 Å². The third-order valence-electron chi connectivity index (χ3n) is 4.38. The average Bonchev–Trinajstić information content (AvgIpc) is 2.58. The Morgan fingerprint density at radius 3 is 2.96 bits per heavy atom. The number of piperidine rings is 1. The molecule has 0 saturated carbocycles. The number of carbonyl (C=O) groups is 2. The molecule has 138 valence electrons. The topological polar surface area (TPSA) is 75.4 Å². The summed E-state index contributed by atoms with van der Waals surface area (Å²) >= 11 is 5.00. The number of aryl methyl sites for hydroxylation is 1. The third kappa shape index (κ3) is 6.99. The van der Waals surface area contributed by atoms with Crippen LogP contribution in [0.25, 0.3) is 0 Å². The highest BCUT2D eigenvalue weighted by atomic mass is 79.9. The maximum Gasteiger partial charge on any atom is 0.230 e. The van der Waals surface area contributed by atoms with Crippen LogP contribution in [0.4, 0.5) is 0 Å². The van der Waals surface area contributed by atoms with E-state index in [0.29, 0.717) is 12.3 Å². The van der Waals surface area contributed by atoms with Gasteiger partial charge in [0.15, 0.2) is 0 Å². The molecule has 1 aromatic rings. The predicted octanol–water partition coefficient (Wildman–Crippen LogP) is 2.55. The molecule has 7 heteroatoms. The largest absolute Gasteiger partial charge is 0.369 e. The summed E-state index contributed by atoms with van der Waals surface area (Å²) in [4.78, 5) is 26.7. The smallest absolute Gasteiger partial charge is 0.230 e. The molecule has 0 spiro atoms. The highest BCUT2D eigenvalue weighted by Crippen LogP contribution is 2.25. The maximum atomic E-state index is 12.0. The number of hydrogen-bond donors (Lipinski definition) is 2. The number of hydrogen-bond acceptors (Lipinski definition) is 4. The van der Waals surface area contributed by atoms with Gasteiger partial charge in [0, 0.05) is 22.5 Å². The summed E-state index contributed by atoms with van der Waals surface area (Å²) in [5, 5.41) is 2.97. The van der Waals surface area contributed by atoms with E-state index < -0.39 is 0 Å². The van der Waals surface area contributed by atoms with Gasteiger partial charge in [-0.2, -0.15) is 0 Å². The molecule has 0 aliphatic carbocycles. The summed E-state index contributed by atoms with van der Waals surface area (Å²) in [7, 11) is 0. The Morgan fingerprint density at radius 1 is 1.44 bits per heavy atom. The lowest BCUT2D eigenvalue weighted by molar-refractivity contribution is -0.123. The molecule has 1 unspecified atom stereocenters. The van der Waals surface area contributed by atoms with Gasteiger partial charge in [0.05, 0.1) is 11.7 Å². The number of thioether (sulfide) groups is 1. The Kier molecular flexibility index (Phi) is 8.26. The first-order valence-electron chi connectivity index (χ1n) is 8.63. The van der Waals surface area contributed by atoms with Crippen LogP contribution in [0.3, 0.4) is 0 Å². The number of primary amides is 1. The maximum absolute atomic E-state index is 12.0. The fourth-order valence-corrected chi connectivity index (χ4v) is 4.31. The lowest BCUT2D eigenvalue weighted by Crippen LogP contribution is -2.42. The minimum absolute atomic E-state index is 0.0195. The highest BCUT2D eigenvalue weighted by Gasteiger charge is 2.23. The molecule has 0 bridgehead atoms. The summed E-state index contributed by atoms with van der Waals surface area (Å²) in [6.07, 6.45) is 2.80. The fraction of sp³-hybridized carbons (Fsp3) is 0.556. The molecular formula is C18H26BrN3O2S. The molecular weight excluding hydrogens is 402 g/mol. The Morgan fingerprint density at radius 2 is 2.24 bits per heavy atom. The number of benzene rings is 1. The first-order chi connectivity index (χ1) is 12.0. The molecule has 1 atom stereocenters. The summed E-state index contributed by atoms with van der Waals surface area (Å²) in [5.41, 5.74) is 6.56. The van der Waals surface area contributed by atoms with Gasteiger partial charge in [-0.15, -0.1) is 11.8 Å². The average molecular weight is 428 g/mol. The first-order valence-corrected chi connectivity index (χ1v) is 10.4. The van der Waals surface area contributed by atoms with Gasteiger partial charge in [-0.1, -0.05) is 15.9 Å². The summed E-state index contributed by atoms with van der Waals surface area (Å²) in [6.45, 7) is 5.36. The molecule has 1 heterocycles. The van der Waals surface area contributed by atoms with Crippen LogP contribution in [0, 0.1) is 12.8 Å². The van der Waals surface area contributed by atoms with Crippen LogP contribution >= 0.6 is 27.7 Å². The molecule has 0 aromatic heterocycles. The van der Waals surface area contributed by atoms with Crippen LogP contribution in [0.5, 0.6) is 0 Å². The SMILES string of the molecule is Cc1cc(Br)ccc1SCC(=O)NCCCN1CCCC(C(N)=O)C1. The van der Waals surface area contributed by atoms with E-state index in [1.807, 2.05) is 19.1 Å². The number of nitrogens with zero attached hydrogens (tertiary/aromatic N) is 1. The van der Waals surface area contributed by atoms with Crippen molar-refractivity contribution in [3.8, 4) is 0 Å². The number of amides is 2. The van der Waals surface area contributed by atoms with E-state index in [0.717, 1.165) is 48.3 Å². The van der Waals surface area contributed by atoms with Gasteiger partial charge in [-0.3, -0.25) is 9.59 Å². The van der Waals surface area contributed by atoms with Gasteiger partial charge in [-0.25, -0.2) is 0 Å². The third-order valence-corrected chi connectivity index (χ3v) is 6.05. The van der Waals surface area contributed by atoms with Crippen LogP contribution in [-0.2, 0) is 9.59 Å². The first kappa shape index (κ1) is 20.3. The molecule has 1 aliphatic rings. The quantitative estimate of drug-likeness (QED) is 0.493. The van der Waals surface area contributed by atoms with E-state index in [-0.39, 0.29) is 17.7 Å². The van der Waals surface area contributed by atoms with Crippen molar-refractivity contribution >= 4 is 39.5 Å². The van der Waals surface area contributed by atoms with Crippen molar-refractivity contribution in [1.29, 1.82) is 0 Å².